The average molecular weight is 477 g/mol. The predicted octanol–water partition coefficient (Wildman–Crippen LogP) is 3.77. The third-order valence-electron chi connectivity index (χ3n) is 5.67. The molecule has 0 bridgehead atoms. The van der Waals surface area contributed by atoms with Crippen molar-refractivity contribution in [3.8, 4) is 5.75 Å². The Kier molecular flexibility index (Phi) is 6.17. The lowest BCUT2D eigenvalue weighted by Crippen LogP contribution is -2.23. The Balaban J connectivity index is 1.73. The summed E-state index contributed by atoms with van der Waals surface area (Å²) in [6, 6.07) is 6.60. The highest BCUT2D eigenvalue weighted by Gasteiger charge is 2.33. The lowest BCUT2D eigenvalue weighted by Gasteiger charge is -2.19. The van der Waals surface area contributed by atoms with Gasteiger partial charge in [0.1, 0.15) is 11.9 Å². The number of fused-ring (bicyclic) bond motifs is 1. The molecule has 180 valence electrons. The van der Waals surface area contributed by atoms with Crippen LogP contribution in [-0.4, -0.2) is 33.9 Å². The number of aromatic nitrogens is 2. The van der Waals surface area contributed by atoms with Crippen LogP contribution in [0.15, 0.2) is 41.2 Å². The lowest BCUT2D eigenvalue weighted by atomic mass is 10.0. The van der Waals surface area contributed by atoms with Gasteiger partial charge in [-0.1, -0.05) is 0 Å². The van der Waals surface area contributed by atoms with Crippen LogP contribution in [-0.2, 0) is 13.2 Å². The van der Waals surface area contributed by atoms with E-state index in [0.717, 1.165) is 29.8 Å². The molecule has 1 saturated heterocycles. The molecule has 0 spiro atoms. The average Bonchev–Trinajstić information content (AvgIpc) is 3.29. The number of non-ortho nitro benzene ring substituents is 1. The second-order valence-electron chi connectivity index (χ2n) is 8.15. The standard InChI is InChI=1S/C22H22F3N5O4/c1-12(13-7-14(22(23,24)25)9-15(8-13)30(32)33)27-20-19-10-16(34-17-5-6-26-11-17)3-4-18(19)21(31)29(2)28-20/h3-4,7-10,12,17,26H,5-6,11H2,1-2H3,(H,27,28)/t12-,17?/m1/s1. The fourth-order valence-electron chi connectivity index (χ4n) is 3.87. The first-order chi connectivity index (χ1) is 16.0. The molecule has 34 heavy (non-hydrogen) atoms. The molecule has 3 aromatic rings. The highest BCUT2D eigenvalue weighted by atomic mass is 19.4. The third kappa shape index (κ3) is 4.81. The SMILES string of the molecule is C[C@@H](Nc1nn(C)c(=O)c2ccc(OC3CCNC3)cc12)c1cc([N+](=O)[O-])cc(C(F)(F)F)c1. The Morgan fingerprint density at radius 3 is 2.68 bits per heavy atom. The van der Waals surface area contributed by atoms with Gasteiger partial charge in [0.15, 0.2) is 5.82 Å². The molecule has 2 aromatic carbocycles. The van der Waals surface area contributed by atoms with Crippen molar-refractivity contribution in [2.75, 3.05) is 18.4 Å². The number of nitrogens with one attached hydrogen (secondary N) is 2. The van der Waals surface area contributed by atoms with Crippen LogP contribution >= 0.6 is 0 Å². The van der Waals surface area contributed by atoms with Crippen molar-refractivity contribution in [2.24, 2.45) is 7.05 Å². The number of nitro groups is 1. The van der Waals surface area contributed by atoms with E-state index in [4.69, 9.17) is 4.74 Å². The number of rotatable bonds is 6. The van der Waals surface area contributed by atoms with Gasteiger partial charge in [-0.15, -0.1) is 0 Å². The largest absolute Gasteiger partial charge is 0.489 e. The van der Waals surface area contributed by atoms with Gasteiger partial charge in [0, 0.05) is 31.1 Å². The Morgan fingerprint density at radius 2 is 2.03 bits per heavy atom. The fraction of sp³-hybridized carbons (Fsp3) is 0.364. The lowest BCUT2D eigenvalue weighted by molar-refractivity contribution is -0.385. The Morgan fingerprint density at radius 1 is 1.26 bits per heavy atom. The number of nitrogens with zero attached hydrogens (tertiary/aromatic N) is 3. The summed E-state index contributed by atoms with van der Waals surface area (Å²) >= 11 is 0. The van der Waals surface area contributed by atoms with E-state index in [2.05, 4.69) is 15.7 Å². The number of halogens is 3. The maximum atomic E-state index is 13.3. The van der Waals surface area contributed by atoms with E-state index >= 15 is 0 Å². The highest BCUT2D eigenvalue weighted by molar-refractivity contribution is 5.92. The van der Waals surface area contributed by atoms with Crippen LogP contribution in [0.4, 0.5) is 24.7 Å². The minimum atomic E-state index is -4.75. The molecule has 1 unspecified atom stereocenters. The molecular formula is C22H22F3N5O4. The summed E-state index contributed by atoms with van der Waals surface area (Å²) in [5.41, 5.74) is -2.09. The molecule has 1 aliphatic heterocycles. The van der Waals surface area contributed by atoms with E-state index in [-0.39, 0.29) is 23.0 Å². The number of ether oxygens (including phenoxy) is 1. The van der Waals surface area contributed by atoms with Crippen molar-refractivity contribution in [1.82, 2.24) is 15.1 Å². The van der Waals surface area contributed by atoms with Crippen LogP contribution in [0, 0.1) is 10.1 Å². The second kappa shape index (κ2) is 8.93. The molecule has 1 aliphatic rings. The van der Waals surface area contributed by atoms with Crippen molar-refractivity contribution in [1.29, 1.82) is 0 Å². The Hall–Kier alpha value is -3.67. The summed E-state index contributed by atoms with van der Waals surface area (Å²) in [6.45, 7) is 3.10. The first-order valence-electron chi connectivity index (χ1n) is 10.5. The van der Waals surface area contributed by atoms with Gasteiger partial charge in [-0.05, 0) is 49.7 Å². The first-order valence-corrected chi connectivity index (χ1v) is 10.5. The highest BCUT2D eigenvalue weighted by Crippen LogP contribution is 2.35. The zero-order chi connectivity index (χ0) is 24.6. The number of benzene rings is 2. The van der Waals surface area contributed by atoms with Gasteiger partial charge in [0.2, 0.25) is 0 Å². The third-order valence-corrected chi connectivity index (χ3v) is 5.67. The number of aryl methyl sites for hydroxylation is 1. The van der Waals surface area contributed by atoms with Crippen molar-refractivity contribution < 1.29 is 22.8 Å². The summed E-state index contributed by atoms with van der Waals surface area (Å²) in [5.74, 6) is 0.765. The van der Waals surface area contributed by atoms with Gasteiger partial charge in [-0.25, -0.2) is 4.68 Å². The topological polar surface area (TPSA) is 111 Å². The Labute approximate surface area is 191 Å². The maximum Gasteiger partial charge on any atom is 0.416 e. The summed E-state index contributed by atoms with van der Waals surface area (Å²) in [5, 5.41) is 22.4. The smallest absolute Gasteiger partial charge is 0.416 e. The normalized spacial score (nSPS) is 17.0. The van der Waals surface area contributed by atoms with E-state index in [1.54, 1.807) is 25.1 Å². The molecule has 0 radical (unpaired) electrons. The zero-order valence-electron chi connectivity index (χ0n) is 18.3. The van der Waals surface area contributed by atoms with Crippen LogP contribution < -0.4 is 20.9 Å². The molecule has 0 amide bonds. The summed E-state index contributed by atoms with van der Waals surface area (Å²) in [6.07, 6.45) is -3.93. The number of nitro benzene ring substituents is 1. The molecule has 2 atom stereocenters. The quantitative estimate of drug-likeness (QED) is 0.411. The monoisotopic (exact) mass is 477 g/mol. The molecule has 1 aromatic heterocycles. The molecule has 1 fully saturated rings. The molecular weight excluding hydrogens is 455 g/mol. The van der Waals surface area contributed by atoms with Gasteiger partial charge < -0.3 is 15.4 Å². The van der Waals surface area contributed by atoms with Gasteiger partial charge in [-0.2, -0.15) is 18.3 Å². The van der Waals surface area contributed by atoms with Crippen LogP contribution in [0.5, 0.6) is 5.75 Å². The molecule has 12 heteroatoms. The van der Waals surface area contributed by atoms with E-state index < -0.39 is 28.4 Å². The molecule has 0 aliphatic carbocycles. The van der Waals surface area contributed by atoms with Gasteiger partial charge in [0.05, 0.1) is 21.9 Å². The van der Waals surface area contributed by atoms with E-state index in [0.29, 0.717) is 29.1 Å². The van der Waals surface area contributed by atoms with Gasteiger partial charge >= 0.3 is 6.18 Å². The zero-order valence-corrected chi connectivity index (χ0v) is 18.3. The number of alkyl halides is 3. The Bertz CT molecular complexity index is 1300. The molecule has 9 nitrogen and oxygen atoms in total. The summed E-state index contributed by atoms with van der Waals surface area (Å²) in [4.78, 5) is 22.9. The maximum absolute atomic E-state index is 13.3. The van der Waals surface area contributed by atoms with Crippen molar-refractivity contribution in [3.05, 3.63) is 68.0 Å². The predicted molar refractivity (Wildman–Crippen MR) is 119 cm³/mol. The van der Waals surface area contributed by atoms with Crippen LogP contribution in [0.3, 0.4) is 0 Å². The molecule has 0 saturated carbocycles. The van der Waals surface area contributed by atoms with Crippen molar-refractivity contribution >= 4 is 22.3 Å². The number of hydrogen-bond acceptors (Lipinski definition) is 7. The van der Waals surface area contributed by atoms with Crippen LogP contribution in [0.2, 0.25) is 0 Å². The second-order valence-corrected chi connectivity index (χ2v) is 8.15. The first kappa shape index (κ1) is 23.5. The molecule has 2 heterocycles. The van der Waals surface area contributed by atoms with E-state index in [1.807, 2.05) is 0 Å². The van der Waals surface area contributed by atoms with Crippen molar-refractivity contribution in [3.63, 3.8) is 0 Å². The van der Waals surface area contributed by atoms with Gasteiger partial charge in [0.25, 0.3) is 11.2 Å². The van der Waals surface area contributed by atoms with Crippen molar-refractivity contribution in [2.45, 2.75) is 31.7 Å². The molecule has 4 rings (SSSR count). The minimum Gasteiger partial charge on any atom is -0.489 e. The van der Waals surface area contributed by atoms with Crippen LogP contribution in [0.1, 0.15) is 30.5 Å². The molecule has 2 N–H and O–H groups in total. The minimum absolute atomic E-state index is 0.0158. The van der Waals surface area contributed by atoms with E-state index in [9.17, 15) is 28.1 Å². The van der Waals surface area contributed by atoms with E-state index in [1.165, 1.54) is 7.05 Å². The number of hydrogen-bond donors (Lipinski definition) is 2. The summed E-state index contributed by atoms with van der Waals surface area (Å²) in [7, 11) is 1.46. The fourth-order valence-corrected chi connectivity index (χ4v) is 3.87. The number of anilines is 1. The van der Waals surface area contributed by atoms with Crippen LogP contribution in [0.25, 0.3) is 10.8 Å². The summed E-state index contributed by atoms with van der Waals surface area (Å²) < 4.78 is 47.0. The van der Waals surface area contributed by atoms with Gasteiger partial charge in [-0.3, -0.25) is 14.9 Å².